The Morgan fingerprint density at radius 1 is 1.50 bits per heavy atom. The molecule has 1 aromatic rings. The first-order chi connectivity index (χ1) is 8.40. The second-order valence-corrected chi connectivity index (χ2v) is 5.87. The zero-order valence-corrected chi connectivity index (χ0v) is 12.2. The fourth-order valence-electron chi connectivity index (χ4n) is 2.18. The van der Waals surface area contributed by atoms with Gasteiger partial charge in [-0.3, -0.25) is 16.3 Å². The van der Waals surface area contributed by atoms with Crippen LogP contribution in [0.2, 0.25) is 5.02 Å². The second-order valence-electron chi connectivity index (χ2n) is 5.47. The number of hydrazine groups is 1. The predicted octanol–water partition coefficient (Wildman–Crippen LogP) is 2.17. The molecule has 1 aromatic heterocycles. The highest BCUT2D eigenvalue weighted by atomic mass is 35.5. The van der Waals surface area contributed by atoms with Gasteiger partial charge in [0.05, 0.1) is 17.2 Å². The molecule has 0 fully saturated rings. The molecule has 2 atom stereocenters. The number of aromatic nitrogens is 1. The van der Waals surface area contributed by atoms with E-state index in [2.05, 4.69) is 31.2 Å². The van der Waals surface area contributed by atoms with Gasteiger partial charge in [0, 0.05) is 19.5 Å². The number of halogens is 1. The maximum Gasteiger partial charge on any atom is 0.0789 e. The van der Waals surface area contributed by atoms with Crippen molar-refractivity contribution in [3.05, 3.63) is 29.0 Å². The van der Waals surface area contributed by atoms with E-state index in [0.29, 0.717) is 11.4 Å². The van der Waals surface area contributed by atoms with Crippen molar-refractivity contribution in [3.8, 4) is 0 Å². The number of hydrogen-bond acceptors (Lipinski definition) is 4. The average Bonchev–Trinajstić information content (AvgIpc) is 2.29. The SMILES string of the molecule is COC(C(Cc1ccncc1Cl)NN)C(C)(C)C. The van der Waals surface area contributed by atoms with Crippen LogP contribution in [0.15, 0.2) is 18.5 Å². The van der Waals surface area contributed by atoms with Crippen molar-refractivity contribution in [1.29, 1.82) is 0 Å². The number of nitrogens with one attached hydrogen (secondary N) is 1. The molecule has 1 heterocycles. The van der Waals surface area contributed by atoms with Crippen LogP contribution < -0.4 is 11.3 Å². The maximum absolute atomic E-state index is 6.12. The van der Waals surface area contributed by atoms with Crippen molar-refractivity contribution in [2.24, 2.45) is 11.3 Å². The number of methoxy groups -OCH3 is 1. The smallest absolute Gasteiger partial charge is 0.0789 e. The van der Waals surface area contributed by atoms with Gasteiger partial charge in [0.1, 0.15) is 0 Å². The molecule has 3 N–H and O–H groups in total. The first kappa shape index (κ1) is 15.4. The quantitative estimate of drug-likeness (QED) is 0.637. The number of pyridine rings is 1. The zero-order chi connectivity index (χ0) is 13.8. The highest BCUT2D eigenvalue weighted by Gasteiger charge is 2.32. The minimum Gasteiger partial charge on any atom is -0.379 e. The third kappa shape index (κ3) is 3.92. The van der Waals surface area contributed by atoms with Crippen molar-refractivity contribution < 1.29 is 4.74 Å². The van der Waals surface area contributed by atoms with Crippen molar-refractivity contribution in [2.75, 3.05) is 7.11 Å². The van der Waals surface area contributed by atoms with Gasteiger partial charge in [-0.05, 0) is 23.5 Å². The van der Waals surface area contributed by atoms with Crippen LogP contribution in [-0.2, 0) is 11.2 Å². The summed E-state index contributed by atoms with van der Waals surface area (Å²) in [6, 6.07) is 1.90. The van der Waals surface area contributed by atoms with Gasteiger partial charge in [0.15, 0.2) is 0 Å². The molecule has 5 heteroatoms. The van der Waals surface area contributed by atoms with E-state index in [-0.39, 0.29) is 17.6 Å². The molecule has 102 valence electrons. The van der Waals surface area contributed by atoms with Gasteiger partial charge >= 0.3 is 0 Å². The van der Waals surface area contributed by atoms with Crippen LogP contribution in [0.5, 0.6) is 0 Å². The Morgan fingerprint density at radius 2 is 2.17 bits per heavy atom. The monoisotopic (exact) mass is 271 g/mol. The lowest BCUT2D eigenvalue weighted by atomic mass is 9.82. The van der Waals surface area contributed by atoms with Crippen LogP contribution in [0.3, 0.4) is 0 Å². The van der Waals surface area contributed by atoms with Gasteiger partial charge in [0.2, 0.25) is 0 Å². The summed E-state index contributed by atoms with van der Waals surface area (Å²) in [6.45, 7) is 6.37. The highest BCUT2D eigenvalue weighted by molar-refractivity contribution is 6.31. The third-order valence-corrected chi connectivity index (χ3v) is 3.32. The van der Waals surface area contributed by atoms with Gasteiger partial charge in [0.25, 0.3) is 0 Å². The normalized spacial score (nSPS) is 15.4. The molecule has 0 aliphatic rings. The first-order valence-corrected chi connectivity index (χ1v) is 6.35. The molecule has 0 aliphatic heterocycles. The van der Waals surface area contributed by atoms with Crippen LogP contribution >= 0.6 is 11.6 Å². The Hall–Kier alpha value is -0.680. The molecule has 0 bridgehead atoms. The summed E-state index contributed by atoms with van der Waals surface area (Å²) in [4.78, 5) is 3.98. The lowest BCUT2D eigenvalue weighted by Gasteiger charge is -2.35. The number of nitrogens with two attached hydrogens (primary N) is 1. The van der Waals surface area contributed by atoms with Gasteiger partial charge in [-0.2, -0.15) is 0 Å². The topological polar surface area (TPSA) is 60.2 Å². The van der Waals surface area contributed by atoms with Crippen molar-refractivity contribution >= 4 is 11.6 Å². The van der Waals surface area contributed by atoms with Crippen molar-refractivity contribution in [1.82, 2.24) is 10.4 Å². The second kappa shape index (κ2) is 6.48. The summed E-state index contributed by atoms with van der Waals surface area (Å²) in [5.74, 6) is 5.66. The maximum atomic E-state index is 6.12. The van der Waals surface area contributed by atoms with E-state index in [1.165, 1.54) is 0 Å². The molecular weight excluding hydrogens is 250 g/mol. The minimum absolute atomic E-state index is 0.00472. The molecular formula is C13H22ClN3O. The summed E-state index contributed by atoms with van der Waals surface area (Å²) in [6.07, 6.45) is 4.07. The van der Waals surface area contributed by atoms with Gasteiger partial charge < -0.3 is 4.74 Å². The first-order valence-electron chi connectivity index (χ1n) is 5.97. The number of hydrogen-bond donors (Lipinski definition) is 2. The summed E-state index contributed by atoms with van der Waals surface area (Å²) >= 11 is 6.12. The fourth-order valence-corrected chi connectivity index (χ4v) is 2.38. The molecule has 0 aromatic carbocycles. The van der Waals surface area contributed by atoms with E-state index in [1.807, 2.05) is 6.07 Å². The molecule has 0 saturated heterocycles. The molecule has 2 unspecified atom stereocenters. The van der Waals surface area contributed by atoms with E-state index < -0.39 is 0 Å². The molecule has 1 rings (SSSR count). The lowest BCUT2D eigenvalue weighted by Crippen LogP contribution is -2.51. The van der Waals surface area contributed by atoms with Gasteiger partial charge in [-0.15, -0.1) is 0 Å². The van der Waals surface area contributed by atoms with Gasteiger partial charge in [-0.1, -0.05) is 32.4 Å². The summed E-state index contributed by atoms with van der Waals surface area (Å²) in [5.41, 5.74) is 3.84. The Bertz CT molecular complexity index is 379. The van der Waals surface area contributed by atoms with Crippen LogP contribution in [-0.4, -0.2) is 24.2 Å². The van der Waals surface area contributed by atoms with E-state index >= 15 is 0 Å². The lowest BCUT2D eigenvalue weighted by molar-refractivity contribution is -0.0110. The Balaban J connectivity index is 2.88. The summed E-state index contributed by atoms with van der Waals surface area (Å²) in [7, 11) is 1.70. The summed E-state index contributed by atoms with van der Waals surface area (Å²) in [5, 5.41) is 0.654. The van der Waals surface area contributed by atoms with Crippen LogP contribution in [0.25, 0.3) is 0 Å². The van der Waals surface area contributed by atoms with E-state index in [9.17, 15) is 0 Å². The van der Waals surface area contributed by atoms with Gasteiger partial charge in [-0.25, -0.2) is 0 Å². The number of ether oxygens (including phenoxy) is 1. The van der Waals surface area contributed by atoms with E-state index in [4.69, 9.17) is 22.2 Å². The molecule has 0 spiro atoms. The molecule has 18 heavy (non-hydrogen) atoms. The fraction of sp³-hybridized carbons (Fsp3) is 0.615. The third-order valence-electron chi connectivity index (χ3n) is 2.98. The van der Waals surface area contributed by atoms with E-state index in [1.54, 1.807) is 19.5 Å². The Kier molecular flexibility index (Phi) is 5.53. The van der Waals surface area contributed by atoms with Crippen LogP contribution in [0, 0.1) is 5.41 Å². The van der Waals surface area contributed by atoms with Crippen LogP contribution in [0.4, 0.5) is 0 Å². The van der Waals surface area contributed by atoms with Crippen molar-refractivity contribution in [2.45, 2.75) is 39.3 Å². The summed E-state index contributed by atoms with van der Waals surface area (Å²) < 4.78 is 5.58. The Labute approximate surface area is 114 Å². The molecule has 0 radical (unpaired) electrons. The molecule has 0 aliphatic carbocycles. The standard InChI is InChI=1S/C13H22ClN3O/c1-13(2,3)12(18-4)11(17-15)7-9-5-6-16-8-10(9)14/h5-6,8,11-12,17H,7,15H2,1-4H3. The van der Waals surface area contributed by atoms with E-state index in [0.717, 1.165) is 5.56 Å². The largest absolute Gasteiger partial charge is 0.379 e. The van der Waals surface area contributed by atoms with Crippen molar-refractivity contribution in [3.63, 3.8) is 0 Å². The highest BCUT2D eigenvalue weighted by Crippen LogP contribution is 2.27. The molecule has 4 nitrogen and oxygen atoms in total. The molecule has 0 saturated carbocycles. The molecule has 0 amide bonds. The minimum atomic E-state index is -0.00864. The number of rotatable bonds is 5. The number of nitrogens with zero attached hydrogens (tertiary/aromatic N) is 1. The zero-order valence-electron chi connectivity index (χ0n) is 11.4. The van der Waals surface area contributed by atoms with Crippen LogP contribution in [0.1, 0.15) is 26.3 Å². The Morgan fingerprint density at radius 3 is 2.61 bits per heavy atom. The predicted molar refractivity (Wildman–Crippen MR) is 74.3 cm³/mol. The average molecular weight is 272 g/mol.